The van der Waals surface area contributed by atoms with Gasteiger partial charge in [-0.25, -0.2) is 0 Å². The van der Waals surface area contributed by atoms with Crippen LogP contribution in [0.3, 0.4) is 0 Å². The standard InChI is InChI=1S/C9H18O2/c1-3-11-7(2)9(10)8-5-4-6-8/h7-10H,3-6H2,1-2H3. The molecule has 0 bridgehead atoms. The molecule has 1 aliphatic carbocycles. The first-order valence-electron chi connectivity index (χ1n) is 4.55. The van der Waals surface area contributed by atoms with Crippen molar-refractivity contribution in [3.63, 3.8) is 0 Å². The lowest BCUT2D eigenvalue weighted by molar-refractivity contribution is -0.0648. The Morgan fingerprint density at radius 2 is 2.18 bits per heavy atom. The van der Waals surface area contributed by atoms with Gasteiger partial charge in [0.15, 0.2) is 0 Å². The normalized spacial score (nSPS) is 24.3. The van der Waals surface area contributed by atoms with Gasteiger partial charge in [0.2, 0.25) is 0 Å². The van der Waals surface area contributed by atoms with Crippen LogP contribution in [0.4, 0.5) is 0 Å². The van der Waals surface area contributed by atoms with Crippen molar-refractivity contribution < 1.29 is 9.84 Å². The van der Waals surface area contributed by atoms with Gasteiger partial charge in [0.05, 0.1) is 12.2 Å². The van der Waals surface area contributed by atoms with E-state index in [1.54, 1.807) is 0 Å². The molecule has 0 aromatic rings. The summed E-state index contributed by atoms with van der Waals surface area (Å²) in [4.78, 5) is 0. The van der Waals surface area contributed by atoms with Crippen LogP contribution in [-0.2, 0) is 4.74 Å². The summed E-state index contributed by atoms with van der Waals surface area (Å²) in [5, 5.41) is 9.64. The van der Waals surface area contributed by atoms with E-state index in [2.05, 4.69) is 0 Å². The van der Waals surface area contributed by atoms with Gasteiger partial charge in [-0.1, -0.05) is 6.42 Å². The van der Waals surface area contributed by atoms with E-state index in [4.69, 9.17) is 4.74 Å². The van der Waals surface area contributed by atoms with Crippen molar-refractivity contribution in [1.29, 1.82) is 0 Å². The van der Waals surface area contributed by atoms with E-state index in [9.17, 15) is 5.11 Å². The van der Waals surface area contributed by atoms with Gasteiger partial charge < -0.3 is 9.84 Å². The molecule has 0 saturated heterocycles. The van der Waals surface area contributed by atoms with Crippen LogP contribution in [-0.4, -0.2) is 23.9 Å². The van der Waals surface area contributed by atoms with Gasteiger partial charge in [-0.2, -0.15) is 0 Å². The second kappa shape index (κ2) is 4.07. The first kappa shape index (κ1) is 9.01. The van der Waals surface area contributed by atoms with Crippen molar-refractivity contribution in [3.8, 4) is 0 Å². The maximum Gasteiger partial charge on any atom is 0.0827 e. The molecule has 2 heteroatoms. The number of hydrogen-bond acceptors (Lipinski definition) is 2. The zero-order valence-electron chi connectivity index (χ0n) is 7.42. The maximum atomic E-state index is 9.64. The summed E-state index contributed by atoms with van der Waals surface area (Å²) in [5.41, 5.74) is 0. The summed E-state index contributed by atoms with van der Waals surface area (Å²) in [6.45, 7) is 4.61. The molecule has 0 spiro atoms. The van der Waals surface area contributed by atoms with Crippen molar-refractivity contribution in [3.05, 3.63) is 0 Å². The Morgan fingerprint density at radius 1 is 1.55 bits per heavy atom. The fraction of sp³-hybridized carbons (Fsp3) is 1.00. The second-order valence-corrected chi connectivity index (χ2v) is 3.34. The zero-order valence-corrected chi connectivity index (χ0v) is 7.42. The molecule has 1 rings (SSSR count). The first-order chi connectivity index (χ1) is 5.25. The van der Waals surface area contributed by atoms with Gasteiger partial charge in [0, 0.05) is 6.61 Å². The van der Waals surface area contributed by atoms with E-state index < -0.39 is 0 Å². The molecule has 1 fully saturated rings. The molecular formula is C9H18O2. The van der Waals surface area contributed by atoms with Crippen LogP contribution >= 0.6 is 0 Å². The summed E-state index contributed by atoms with van der Waals surface area (Å²) in [6.07, 6.45) is 3.42. The van der Waals surface area contributed by atoms with Crippen molar-refractivity contribution in [2.24, 2.45) is 5.92 Å². The van der Waals surface area contributed by atoms with Gasteiger partial charge >= 0.3 is 0 Å². The molecule has 0 aromatic heterocycles. The summed E-state index contributed by atoms with van der Waals surface area (Å²) >= 11 is 0. The average molecular weight is 158 g/mol. The van der Waals surface area contributed by atoms with Gasteiger partial charge in [0.25, 0.3) is 0 Å². The van der Waals surface area contributed by atoms with Crippen molar-refractivity contribution in [2.45, 2.75) is 45.3 Å². The molecule has 2 unspecified atom stereocenters. The predicted molar refractivity (Wildman–Crippen MR) is 44.4 cm³/mol. The summed E-state index contributed by atoms with van der Waals surface area (Å²) in [7, 11) is 0. The monoisotopic (exact) mass is 158 g/mol. The van der Waals surface area contributed by atoms with Crippen molar-refractivity contribution in [2.75, 3.05) is 6.61 Å². The molecule has 2 atom stereocenters. The number of aliphatic hydroxyl groups excluding tert-OH is 1. The lowest BCUT2D eigenvalue weighted by Gasteiger charge is -2.33. The quantitative estimate of drug-likeness (QED) is 0.673. The molecule has 0 aliphatic heterocycles. The van der Waals surface area contributed by atoms with Crippen LogP contribution in [0.25, 0.3) is 0 Å². The van der Waals surface area contributed by atoms with E-state index in [-0.39, 0.29) is 12.2 Å². The third kappa shape index (κ3) is 2.17. The Balaban J connectivity index is 2.21. The lowest BCUT2D eigenvalue weighted by atomic mass is 9.79. The molecule has 1 saturated carbocycles. The lowest BCUT2D eigenvalue weighted by Crippen LogP contribution is -2.36. The molecule has 1 aliphatic rings. The molecule has 0 amide bonds. The molecule has 11 heavy (non-hydrogen) atoms. The molecule has 2 nitrogen and oxygen atoms in total. The smallest absolute Gasteiger partial charge is 0.0827 e. The average Bonchev–Trinajstić information content (AvgIpc) is 1.84. The minimum Gasteiger partial charge on any atom is -0.390 e. The Kier molecular flexibility index (Phi) is 3.34. The fourth-order valence-electron chi connectivity index (χ4n) is 1.53. The largest absolute Gasteiger partial charge is 0.390 e. The third-order valence-electron chi connectivity index (χ3n) is 2.54. The molecule has 0 aromatic carbocycles. The Labute approximate surface area is 68.6 Å². The minimum atomic E-state index is -0.233. The fourth-order valence-corrected chi connectivity index (χ4v) is 1.53. The van der Waals surface area contributed by atoms with Crippen LogP contribution in [0, 0.1) is 5.92 Å². The predicted octanol–water partition coefficient (Wildman–Crippen LogP) is 1.57. The maximum absolute atomic E-state index is 9.64. The molecular weight excluding hydrogens is 140 g/mol. The zero-order chi connectivity index (χ0) is 8.27. The minimum absolute atomic E-state index is 0.0188. The van der Waals surface area contributed by atoms with Crippen LogP contribution < -0.4 is 0 Å². The van der Waals surface area contributed by atoms with Gasteiger partial charge in [-0.05, 0) is 32.6 Å². The number of rotatable bonds is 4. The van der Waals surface area contributed by atoms with E-state index in [0.717, 1.165) is 0 Å². The molecule has 0 heterocycles. The highest BCUT2D eigenvalue weighted by atomic mass is 16.5. The number of aliphatic hydroxyl groups is 1. The summed E-state index contributed by atoms with van der Waals surface area (Å²) in [6, 6.07) is 0. The summed E-state index contributed by atoms with van der Waals surface area (Å²) < 4.78 is 5.31. The van der Waals surface area contributed by atoms with Crippen LogP contribution in [0.2, 0.25) is 0 Å². The Morgan fingerprint density at radius 3 is 2.55 bits per heavy atom. The Hall–Kier alpha value is -0.0800. The van der Waals surface area contributed by atoms with E-state index in [0.29, 0.717) is 12.5 Å². The van der Waals surface area contributed by atoms with Gasteiger partial charge in [0.1, 0.15) is 0 Å². The molecule has 66 valence electrons. The van der Waals surface area contributed by atoms with E-state index >= 15 is 0 Å². The van der Waals surface area contributed by atoms with Crippen LogP contribution in [0.1, 0.15) is 33.1 Å². The van der Waals surface area contributed by atoms with Crippen LogP contribution in [0.15, 0.2) is 0 Å². The third-order valence-corrected chi connectivity index (χ3v) is 2.54. The number of ether oxygens (including phenoxy) is 1. The molecule has 0 radical (unpaired) electrons. The van der Waals surface area contributed by atoms with Crippen molar-refractivity contribution in [1.82, 2.24) is 0 Å². The highest BCUT2D eigenvalue weighted by Crippen LogP contribution is 2.31. The van der Waals surface area contributed by atoms with E-state index in [1.165, 1.54) is 19.3 Å². The van der Waals surface area contributed by atoms with Gasteiger partial charge in [-0.15, -0.1) is 0 Å². The first-order valence-corrected chi connectivity index (χ1v) is 4.55. The highest BCUT2D eigenvalue weighted by Gasteiger charge is 2.29. The van der Waals surface area contributed by atoms with Crippen molar-refractivity contribution >= 4 is 0 Å². The molecule has 1 N–H and O–H groups in total. The van der Waals surface area contributed by atoms with Crippen LogP contribution in [0.5, 0.6) is 0 Å². The van der Waals surface area contributed by atoms with E-state index in [1.807, 2.05) is 13.8 Å². The topological polar surface area (TPSA) is 29.5 Å². The SMILES string of the molecule is CCOC(C)C(O)C1CCC1. The Bertz CT molecular complexity index is 110. The second-order valence-electron chi connectivity index (χ2n) is 3.34. The number of hydrogen-bond donors (Lipinski definition) is 1. The summed E-state index contributed by atoms with van der Waals surface area (Å²) in [5.74, 6) is 0.511. The highest BCUT2D eigenvalue weighted by molar-refractivity contribution is 4.80. The van der Waals surface area contributed by atoms with Gasteiger partial charge in [-0.3, -0.25) is 0 Å².